The maximum absolute atomic E-state index is 16.1. The van der Waals surface area contributed by atoms with Crippen LogP contribution in [0.4, 0.5) is 10.1 Å². The summed E-state index contributed by atoms with van der Waals surface area (Å²) in [6.45, 7) is 3.86. The van der Waals surface area contributed by atoms with E-state index in [9.17, 15) is 14.4 Å². The van der Waals surface area contributed by atoms with Crippen molar-refractivity contribution in [2.24, 2.45) is 5.41 Å². The van der Waals surface area contributed by atoms with Crippen molar-refractivity contribution < 1.29 is 23.9 Å². The number of halogens is 3. The van der Waals surface area contributed by atoms with Crippen LogP contribution in [-0.2, 0) is 19.8 Å². The summed E-state index contributed by atoms with van der Waals surface area (Å²) in [6, 6.07) is 8.93. The molecule has 2 saturated carbocycles. The molecule has 2 heterocycles. The summed E-state index contributed by atoms with van der Waals surface area (Å²) in [5.41, 5.74) is -0.583. The second-order valence-corrected chi connectivity index (χ2v) is 14.6. The third-order valence-corrected chi connectivity index (χ3v) is 11.2. The van der Waals surface area contributed by atoms with E-state index in [-0.39, 0.29) is 39.9 Å². The fraction of sp³-hybridized carbons (Fsp3) is 0.545. The van der Waals surface area contributed by atoms with Crippen molar-refractivity contribution in [1.29, 1.82) is 0 Å². The van der Waals surface area contributed by atoms with E-state index in [1.54, 1.807) is 24.3 Å². The second-order valence-electron chi connectivity index (χ2n) is 13.7. The number of anilines is 1. The van der Waals surface area contributed by atoms with Gasteiger partial charge < -0.3 is 21.1 Å². The van der Waals surface area contributed by atoms with Gasteiger partial charge in [-0.2, -0.15) is 0 Å². The molecule has 2 aliphatic carbocycles. The Labute approximate surface area is 266 Å². The molecule has 5 N–H and O–H groups in total. The van der Waals surface area contributed by atoms with Crippen molar-refractivity contribution in [3.8, 4) is 0 Å². The Balaban J connectivity index is 1.43. The maximum Gasteiger partial charge on any atom is 0.245 e. The number of aliphatic hydroxyl groups excluding tert-OH is 1. The van der Waals surface area contributed by atoms with Crippen LogP contribution in [0.1, 0.15) is 82.3 Å². The molecule has 0 bridgehead atoms. The molecule has 3 fully saturated rings. The normalized spacial score (nSPS) is 30.2. The number of fused-ring (bicyclic) bond motifs is 3. The van der Waals surface area contributed by atoms with Gasteiger partial charge in [-0.3, -0.25) is 19.7 Å². The van der Waals surface area contributed by atoms with Crippen molar-refractivity contribution >= 4 is 46.6 Å². The van der Waals surface area contributed by atoms with Crippen molar-refractivity contribution in [3.05, 3.63) is 63.4 Å². The Morgan fingerprint density at radius 1 is 1.00 bits per heavy atom. The molecule has 3 atom stereocenters. The van der Waals surface area contributed by atoms with E-state index in [4.69, 9.17) is 28.3 Å². The fourth-order valence-corrected chi connectivity index (χ4v) is 8.72. The highest BCUT2D eigenvalue weighted by Crippen LogP contribution is 2.64. The summed E-state index contributed by atoms with van der Waals surface area (Å²) in [6.07, 6.45) is 5.46. The maximum atomic E-state index is 16.1. The minimum Gasteiger partial charge on any atom is -0.387 e. The molecule has 2 aromatic carbocycles. The highest BCUT2D eigenvalue weighted by Gasteiger charge is 2.73. The van der Waals surface area contributed by atoms with E-state index in [0.29, 0.717) is 54.8 Å². The first-order chi connectivity index (χ1) is 20.9. The smallest absolute Gasteiger partial charge is 0.245 e. The molecule has 2 spiro atoms. The number of hydrogen-bond acceptors (Lipinski definition) is 5. The SMILES string of the molecule is CC1(C)CCC2(CC1)N[C@@H](C(=O)NC1CCC(NC(=O)CO)CC1)[C@H](c1cccc(Cl)c1F)[C@]21C(=O)Nc2cc(Cl)ccc21. The Kier molecular flexibility index (Phi) is 8.23. The standard InChI is InChI=1S/C33H39Cl2FN4O4/c1-31(2)12-14-32(15-13-31)33(22-11-6-18(34)16-24(22)39-30(33)44)26(21-4-3-5-23(35)27(21)36)28(40-32)29(43)38-20-9-7-19(8-10-20)37-25(42)17-41/h3-6,11,16,19-20,26,28,40-41H,7-10,12-15,17H2,1-2H3,(H,37,42)(H,38,43)(H,39,44)/t19?,20?,26-,28+,33+/m0/s1. The second kappa shape index (κ2) is 11.6. The van der Waals surface area contributed by atoms with Crippen LogP contribution in [0.25, 0.3) is 0 Å². The van der Waals surface area contributed by atoms with Gasteiger partial charge in [-0.15, -0.1) is 0 Å². The lowest BCUT2D eigenvalue weighted by Gasteiger charge is -2.50. The van der Waals surface area contributed by atoms with Crippen LogP contribution in [0.3, 0.4) is 0 Å². The summed E-state index contributed by atoms with van der Waals surface area (Å²) in [5, 5.41) is 22.2. The van der Waals surface area contributed by atoms with Gasteiger partial charge in [0.15, 0.2) is 0 Å². The zero-order valence-corrected chi connectivity index (χ0v) is 26.5. The number of carbonyl (C=O) groups excluding carboxylic acids is 3. The van der Waals surface area contributed by atoms with Gasteiger partial charge in [0.05, 0.1) is 11.1 Å². The lowest BCUT2D eigenvalue weighted by molar-refractivity contribution is -0.126. The van der Waals surface area contributed by atoms with Gasteiger partial charge in [-0.25, -0.2) is 4.39 Å². The lowest BCUT2D eigenvalue weighted by Crippen LogP contribution is -2.61. The monoisotopic (exact) mass is 644 g/mol. The summed E-state index contributed by atoms with van der Waals surface area (Å²) >= 11 is 12.7. The van der Waals surface area contributed by atoms with Gasteiger partial charge in [0.1, 0.15) is 17.8 Å². The first-order valence-electron chi connectivity index (χ1n) is 15.4. The number of rotatable bonds is 5. The molecule has 8 nitrogen and oxygen atoms in total. The first kappa shape index (κ1) is 31.3. The molecular weight excluding hydrogens is 606 g/mol. The highest BCUT2D eigenvalue weighted by atomic mass is 35.5. The van der Waals surface area contributed by atoms with Crippen LogP contribution >= 0.6 is 23.2 Å². The summed E-state index contributed by atoms with van der Waals surface area (Å²) in [7, 11) is 0. The zero-order valence-electron chi connectivity index (χ0n) is 24.9. The van der Waals surface area contributed by atoms with Gasteiger partial charge in [0.2, 0.25) is 17.7 Å². The summed E-state index contributed by atoms with van der Waals surface area (Å²) in [5.74, 6) is -2.52. The molecule has 236 valence electrons. The Hall–Kier alpha value is -2.72. The largest absolute Gasteiger partial charge is 0.387 e. The van der Waals surface area contributed by atoms with Crippen LogP contribution in [0, 0.1) is 11.2 Å². The quantitative estimate of drug-likeness (QED) is 0.315. The van der Waals surface area contributed by atoms with Gasteiger partial charge in [0.25, 0.3) is 0 Å². The predicted octanol–water partition coefficient (Wildman–Crippen LogP) is 4.95. The number of carbonyl (C=O) groups is 3. The van der Waals surface area contributed by atoms with E-state index in [1.807, 2.05) is 6.07 Å². The van der Waals surface area contributed by atoms with E-state index in [0.717, 1.165) is 12.8 Å². The van der Waals surface area contributed by atoms with Crippen molar-refractivity contribution in [1.82, 2.24) is 16.0 Å². The van der Waals surface area contributed by atoms with Gasteiger partial charge in [0, 0.05) is 34.3 Å². The molecule has 3 amide bonds. The van der Waals surface area contributed by atoms with E-state index in [1.165, 1.54) is 6.07 Å². The van der Waals surface area contributed by atoms with Crippen LogP contribution < -0.4 is 21.3 Å². The molecule has 2 aromatic rings. The molecule has 0 radical (unpaired) electrons. The third-order valence-electron chi connectivity index (χ3n) is 10.6. The molecule has 1 saturated heterocycles. The molecule has 4 aliphatic rings. The molecule has 11 heteroatoms. The fourth-order valence-electron chi connectivity index (χ4n) is 8.36. The zero-order chi connectivity index (χ0) is 31.4. The molecule has 6 rings (SSSR count). The van der Waals surface area contributed by atoms with Crippen LogP contribution in [-0.4, -0.2) is 53.1 Å². The average Bonchev–Trinajstić information content (AvgIpc) is 3.45. The number of nitrogens with one attached hydrogen (secondary N) is 4. The molecule has 2 aliphatic heterocycles. The van der Waals surface area contributed by atoms with Crippen LogP contribution in [0.2, 0.25) is 10.0 Å². The Morgan fingerprint density at radius 3 is 2.32 bits per heavy atom. The van der Waals surface area contributed by atoms with Gasteiger partial charge in [-0.05, 0) is 86.1 Å². The van der Waals surface area contributed by atoms with E-state index < -0.39 is 41.2 Å². The highest BCUT2D eigenvalue weighted by molar-refractivity contribution is 6.31. The lowest BCUT2D eigenvalue weighted by atomic mass is 9.53. The van der Waals surface area contributed by atoms with Gasteiger partial charge in [-0.1, -0.05) is 55.2 Å². The minimum atomic E-state index is -1.30. The van der Waals surface area contributed by atoms with Crippen LogP contribution in [0.15, 0.2) is 36.4 Å². The number of amides is 3. The molecule has 44 heavy (non-hydrogen) atoms. The number of hydrogen-bond donors (Lipinski definition) is 5. The Morgan fingerprint density at radius 2 is 1.66 bits per heavy atom. The summed E-state index contributed by atoms with van der Waals surface area (Å²) < 4.78 is 16.1. The number of aliphatic hydroxyl groups is 1. The molecule has 0 unspecified atom stereocenters. The Bertz CT molecular complexity index is 1480. The molecular formula is C33H39Cl2FN4O4. The van der Waals surface area contributed by atoms with Crippen LogP contribution in [0.5, 0.6) is 0 Å². The topological polar surface area (TPSA) is 120 Å². The summed E-state index contributed by atoms with van der Waals surface area (Å²) in [4.78, 5) is 40.6. The molecule has 0 aromatic heterocycles. The number of benzene rings is 2. The predicted molar refractivity (Wildman–Crippen MR) is 167 cm³/mol. The van der Waals surface area contributed by atoms with Gasteiger partial charge >= 0.3 is 0 Å². The minimum absolute atomic E-state index is 0.0489. The van der Waals surface area contributed by atoms with Crippen molar-refractivity contribution in [2.45, 2.75) is 100 Å². The average molecular weight is 646 g/mol. The first-order valence-corrected chi connectivity index (χ1v) is 16.2. The van der Waals surface area contributed by atoms with E-state index >= 15 is 4.39 Å². The third kappa shape index (κ3) is 5.10. The van der Waals surface area contributed by atoms with Crippen molar-refractivity contribution in [2.75, 3.05) is 11.9 Å². The van der Waals surface area contributed by atoms with E-state index in [2.05, 4.69) is 35.1 Å². The van der Waals surface area contributed by atoms with Crippen molar-refractivity contribution in [3.63, 3.8) is 0 Å².